The summed E-state index contributed by atoms with van der Waals surface area (Å²) in [6.45, 7) is 1.73. The molecule has 2 aromatic heterocycles. The third-order valence-electron chi connectivity index (χ3n) is 2.65. The molecule has 0 fully saturated rings. The van der Waals surface area contributed by atoms with E-state index in [0.717, 1.165) is 0 Å². The Balaban J connectivity index is 3.08. The molecule has 0 aromatic carbocycles. The molecule has 0 aliphatic rings. The van der Waals surface area contributed by atoms with E-state index in [-0.39, 0.29) is 16.6 Å². The van der Waals surface area contributed by atoms with Crippen molar-refractivity contribution in [1.82, 2.24) is 14.1 Å². The van der Waals surface area contributed by atoms with Gasteiger partial charge in [-0.2, -0.15) is 0 Å². The lowest BCUT2D eigenvalue weighted by molar-refractivity contribution is 0.0697. The second-order valence-corrected chi connectivity index (χ2v) is 3.68. The van der Waals surface area contributed by atoms with E-state index in [0.29, 0.717) is 11.3 Å². The number of carboxylic acid groups (broad SMARTS) is 1. The fraction of sp³-hybridized carbons (Fsp3) is 0.300. The van der Waals surface area contributed by atoms with Crippen LogP contribution in [0.2, 0.25) is 0 Å². The number of hydrogen-bond acceptors (Lipinski definition) is 3. The minimum Gasteiger partial charge on any atom is -0.478 e. The summed E-state index contributed by atoms with van der Waals surface area (Å²) in [5.41, 5.74) is 0.361. The zero-order chi connectivity index (χ0) is 12.0. The standard InChI is InChI=1S/C10H11N3O3/c1-5-11-7-8(13(5)3)6(10(15)16)4-12(2)9(7)14/h4H,1-3H3,(H,15,16). The average molecular weight is 221 g/mol. The summed E-state index contributed by atoms with van der Waals surface area (Å²) in [4.78, 5) is 26.9. The van der Waals surface area contributed by atoms with Crippen molar-refractivity contribution in [2.24, 2.45) is 14.1 Å². The topological polar surface area (TPSA) is 77.1 Å². The number of fused-ring (bicyclic) bond motifs is 1. The molecular weight excluding hydrogens is 210 g/mol. The van der Waals surface area contributed by atoms with E-state index < -0.39 is 5.97 Å². The lowest BCUT2D eigenvalue weighted by Crippen LogP contribution is -2.19. The zero-order valence-corrected chi connectivity index (χ0v) is 9.18. The summed E-state index contributed by atoms with van der Waals surface area (Å²) >= 11 is 0. The van der Waals surface area contributed by atoms with Gasteiger partial charge in [0.05, 0.1) is 5.52 Å². The van der Waals surface area contributed by atoms with Gasteiger partial charge in [-0.3, -0.25) is 4.79 Å². The molecule has 84 valence electrons. The smallest absolute Gasteiger partial charge is 0.339 e. The van der Waals surface area contributed by atoms with Gasteiger partial charge in [-0.15, -0.1) is 0 Å². The SMILES string of the molecule is Cc1nc2c(=O)n(C)cc(C(=O)O)c2n1C. The number of rotatable bonds is 1. The Bertz CT molecular complexity index is 651. The molecule has 0 aliphatic carbocycles. The lowest BCUT2D eigenvalue weighted by Gasteiger charge is -2.03. The molecule has 2 rings (SSSR count). The second kappa shape index (κ2) is 3.19. The van der Waals surface area contributed by atoms with E-state index >= 15 is 0 Å². The van der Waals surface area contributed by atoms with Crippen molar-refractivity contribution in [3.8, 4) is 0 Å². The third kappa shape index (κ3) is 1.23. The quantitative estimate of drug-likeness (QED) is 0.750. The molecule has 2 heterocycles. The Morgan fingerprint density at radius 3 is 2.62 bits per heavy atom. The van der Waals surface area contributed by atoms with Crippen LogP contribution in [0.1, 0.15) is 16.2 Å². The van der Waals surface area contributed by atoms with Gasteiger partial charge in [0.25, 0.3) is 5.56 Å². The fourth-order valence-electron chi connectivity index (χ4n) is 1.70. The Morgan fingerprint density at radius 2 is 2.06 bits per heavy atom. The molecule has 6 nitrogen and oxygen atoms in total. The van der Waals surface area contributed by atoms with E-state index in [1.807, 2.05) is 0 Å². The minimum absolute atomic E-state index is 0.0835. The largest absolute Gasteiger partial charge is 0.478 e. The molecule has 0 atom stereocenters. The van der Waals surface area contributed by atoms with Gasteiger partial charge < -0.3 is 14.2 Å². The van der Waals surface area contributed by atoms with Crippen LogP contribution in [0, 0.1) is 6.92 Å². The van der Waals surface area contributed by atoms with Crippen LogP contribution in [0.5, 0.6) is 0 Å². The van der Waals surface area contributed by atoms with E-state index in [4.69, 9.17) is 5.11 Å². The number of aromatic carboxylic acids is 1. The number of imidazole rings is 1. The lowest BCUT2D eigenvalue weighted by atomic mass is 10.2. The first-order valence-electron chi connectivity index (χ1n) is 4.69. The molecule has 1 N–H and O–H groups in total. The molecule has 0 unspecified atom stereocenters. The molecule has 0 bridgehead atoms. The molecule has 0 saturated heterocycles. The summed E-state index contributed by atoms with van der Waals surface area (Å²) in [5, 5.41) is 9.08. The molecule has 2 aromatic rings. The Kier molecular flexibility index (Phi) is 2.08. The van der Waals surface area contributed by atoms with Crippen LogP contribution in [0.4, 0.5) is 0 Å². The van der Waals surface area contributed by atoms with Crippen LogP contribution in [0.15, 0.2) is 11.0 Å². The van der Waals surface area contributed by atoms with Crippen molar-refractivity contribution in [3.63, 3.8) is 0 Å². The monoisotopic (exact) mass is 221 g/mol. The highest BCUT2D eigenvalue weighted by Crippen LogP contribution is 2.15. The molecule has 0 spiro atoms. The van der Waals surface area contributed by atoms with Crippen LogP contribution in [-0.4, -0.2) is 25.2 Å². The van der Waals surface area contributed by atoms with Gasteiger partial charge >= 0.3 is 5.97 Å². The van der Waals surface area contributed by atoms with Gasteiger partial charge in [0, 0.05) is 20.3 Å². The first-order valence-corrected chi connectivity index (χ1v) is 4.69. The van der Waals surface area contributed by atoms with Crippen LogP contribution in [-0.2, 0) is 14.1 Å². The molecule has 16 heavy (non-hydrogen) atoms. The summed E-state index contributed by atoms with van der Waals surface area (Å²) in [6.07, 6.45) is 1.31. The van der Waals surface area contributed by atoms with Crippen LogP contribution in [0.3, 0.4) is 0 Å². The zero-order valence-electron chi connectivity index (χ0n) is 9.18. The second-order valence-electron chi connectivity index (χ2n) is 3.68. The van der Waals surface area contributed by atoms with E-state index in [2.05, 4.69) is 4.98 Å². The average Bonchev–Trinajstić information content (AvgIpc) is 2.50. The molecule has 0 radical (unpaired) electrons. The van der Waals surface area contributed by atoms with Gasteiger partial charge in [0.1, 0.15) is 11.4 Å². The minimum atomic E-state index is -1.07. The van der Waals surface area contributed by atoms with Crippen molar-refractivity contribution < 1.29 is 9.90 Å². The molecule has 6 heteroatoms. The molecular formula is C10H11N3O3. The van der Waals surface area contributed by atoms with Gasteiger partial charge in [-0.25, -0.2) is 9.78 Å². The van der Waals surface area contributed by atoms with Crippen molar-refractivity contribution in [2.45, 2.75) is 6.92 Å². The third-order valence-corrected chi connectivity index (χ3v) is 2.65. The Hall–Kier alpha value is -2.11. The highest BCUT2D eigenvalue weighted by atomic mass is 16.4. The highest BCUT2D eigenvalue weighted by molar-refractivity contribution is 6.00. The fourth-order valence-corrected chi connectivity index (χ4v) is 1.70. The number of carboxylic acids is 1. The maximum Gasteiger partial charge on any atom is 0.339 e. The van der Waals surface area contributed by atoms with Crippen molar-refractivity contribution >= 4 is 17.0 Å². The van der Waals surface area contributed by atoms with Crippen molar-refractivity contribution in [1.29, 1.82) is 0 Å². The number of nitrogens with zero attached hydrogens (tertiary/aromatic N) is 3. The first-order chi connectivity index (χ1) is 7.43. The van der Waals surface area contributed by atoms with Crippen LogP contribution in [0.25, 0.3) is 11.0 Å². The predicted molar refractivity (Wildman–Crippen MR) is 57.7 cm³/mol. The summed E-state index contributed by atoms with van der Waals surface area (Å²) in [7, 11) is 3.20. The Labute approximate surface area is 90.8 Å². The first kappa shape index (κ1) is 10.4. The van der Waals surface area contributed by atoms with Gasteiger partial charge in [0.15, 0.2) is 5.52 Å². The van der Waals surface area contributed by atoms with Gasteiger partial charge in [-0.05, 0) is 6.92 Å². The summed E-state index contributed by atoms with van der Waals surface area (Å²) in [5.74, 6) is -0.454. The number of aromatic nitrogens is 3. The number of carbonyl (C=O) groups is 1. The highest BCUT2D eigenvalue weighted by Gasteiger charge is 2.18. The van der Waals surface area contributed by atoms with Crippen LogP contribution >= 0.6 is 0 Å². The van der Waals surface area contributed by atoms with Crippen molar-refractivity contribution in [2.75, 3.05) is 0 Å². The molecule has 0 saturated carbocycles. The molecule has 0 aliphatic heterocycles. The summed E-state index contributed by atoms with van der Waals surface area (Å²) < 4.78 is 2.85. The van der Waals surface area contributed by atoms with Gasteiger partial charge in [-0.1, -0.05) is 0 Å². The number of pyridine rings is 1. The Morgan fingerprint density at radius 1 is 1.44 bits per heavy atom. The summed E-state index contributed by atoms with van der Waals surface area (Å²) in [6, 6.07) is 0. The van der Waals surface area contributed by atoms with Gasteiger partial charge in [0.2, 0.25) is 0 Å². The van der Waals surface area contributed by atoms with Crippen LogP contribution < -0.4 is 5.56 Å². The number of hydrogen-bond donors (Lipinski definition) is 1. The van der Waals surface area contributed by atoms with E-state index in [9.17, 15) is 9.59 Å². The van der Waals surface area contributed by atoms with E-state index in [1.54, 1.807) is 18.5 Å². The maximum atomic E-state index is 11.8. The predicted octanol–water partition coefficient (Wildman–Crippen LogP) is 0.279. The normalized spacial score (nSPS) is 10.9. The maximum absolute atomic E-state index is 11.8. The van der Waals surface area contributed by atoms with Crippen molar-refractivity contribution in [3.05, 3.63) is 27.9 Å². The number of aryl methyl sites for hydroxylation is 3. The van der Waals surface area contributed by atoms with E-state index in [1.165, 1.54) is 17.8 Å². The molecule has 0 amide bonds.